The highest BCUT2D eigenvalue weighted by atomic mass is 32.1. The van der Waals surface area contributed by atoms with Gasteiger partial charge >= 0.3 is 5.97 Å². The summed E-state index contributed by atoms with van der Waals surface area (Å²) in [4.78, 5) is 44.6. The summed E-state index contributed by atoms with van der Waals surface area (Å²) >= 11 is 1.54. The molecule has 0 bridgehead atoms. The second-order valence-corrected chi connectivity index (χ2v) is 10.7. The minimum Gasteiger partial charge on any atom is -0.465 e. The first-order valence-electron chi connectivity index (χ1n) is 13.2. The number of esters is 1. The van der Waals surface area contributed by atoms with E-state index < -0.39 is 12.0 Å². The summed E-state index contributed by atoms with van der Waals surface area (Å²) in [6.45, 7) is 4.03. The van der Waals surface area contributed by atoms with Gasteiger partial charge in [0.05, 0.1) is 32.3 Å². The highest BCUT2D eigenvalue weighted by molar-refractivity contribution is 7.10. The van der Waals surface area contributed by atoms with Crippen LogP contribution in [0.3, 0.4) is 0 Å². The van der Waals surface area contributed by atoms with Crippen molar-refractivity contribution >= 4 is 29.1 Å². The molecule has 0 radical (unpaired) electrons. The minimum absolute atomic E-state index is 0.0865. The number of thiophene rings is 1. The first-order chi connectivity index (χ1) is 18.0. The molecule has 2 heterocycles. The molecular weight excluding hydrogens is 490 g/mol. The molecule has 1 saturated carbocycles. The van der Waals surface area contributed by atoms with Gasteiger partial charge in [-0.1, -0.05) is 37.5 Å². The van der Waals surface area contributed by atoms with Crippen molar-refractivity contribution in [1.82, 2.24) is 15.1 Å². The molecule has 2 fully saturated rings. The number of rotatable bonds is 10. The average molecular weight is 528 g/mol. The smallest absolute Gasteiger partial charge is 0.337 e. The Kier molecular flexibility index (Phi) is 10.1. The molecule has 4 rings (SSSR count). The van der Waals surface area contributed by atoms with Crippen LogP contribution in [0.15, 0.2) is 41.8 Å². The van der Waals surface area contributed by atoms with Gasteiger partial charge in [-0.2, -0.15) is 0 Å². The number of hydrogen-bond donors (Lipinski definition) is 1. The number of benzene rings is 1. The summed E-state index contributed by atoms with van der Waals surface area (Å²) in [7, 11) is 1.34. The molecule has 1 aliphatic heterocycles. The zero-order valence-corrected chi connectivity index (χ0v) is 22.3. The second kappa shape index (κ2) is 13.7. The van der Waals surface area contributed by atoms with Gasteiger partial charge in [-0.05, 0) is 42.0 Å². The molecule has 9 heteroatoms. The first kappa shape index (κ1) is 27.3. The Morgan fingerprint density at radius 3 is 2.49 bits per heavy atom. The van der Waals surface area contributed by atoms with Gasteiger partial charge in [-0.3, -0.25) is 14.5 Å². The zero-order valence-electron chi connectivity index (χ0n) is 21.5. The number of nitrogens with one attached hydrogen (secondary N) is 1. The Balaban J connectivity index is 1.62. The number of carbonyl (C=O) groups excluding carboxylic acids is 3. The normalized spacial score (nSPS) is 17.6. The van der Waals surface area contributed by atoms with Crippen LogP contribution < -0.4 is 5.32 Å². The standard InChI is InChI=1S/C28H37N3O5S/c1-35-28(34)22-11-9-21(10-12-22)26(27(33)29-23-6-3-2-4-7-23)31(14-13-30-15-17-36-18-16-30)25(32)20-24-8-5-19-37-24/h5,8-12,19,23,26H,2-4,6-7,13-18,20H2,1H3,(H,29,33)/t26-/m1/s1. The number of carbonyl (C=O) groups is 3. The van der Waals surface area contributed by atoms with Gasteiger partial charge in [0.1, 0.15) is 6.04 Å². The second-order valence-electron chi connectivity index (χ2n) is 9.66. The van der Waals surface area contributed by atoms with Gasteiger partial charge in [-0.15, -0.1) is 11.3 Å². The lowest BCUT2D eigenvalue weighted by Gasteiger charge is -2.35. The Labute approximate surface area is 222 Å². The SMILES string of the molecule is COC(=O)c1ccc([C@H](C(=O)NC2CCCCC2)N(CCN2CCOCC2)C(=O)Cc2cccs2)cc1. The van der Waals surface area contributed by atoms with Gasteiger partial charge in [0.25, 0.3) is 0 Å². The molecule has 8 nitrogen and oxygen atoms in total. The van der Waals surface area contributed by atoms with Gasteiger partial charge in [0, 0.05) is 37.1 Å². The Hall–Kier alpha value is -2.75. The molecule has 1 aromatic heterocycles. The van der Waals surface area contributed by atoms with Crippen molar-refractivity contribution in [3.05, 3.63) is 57.8 Å². The van der Waals surface area contributed by atoms with Crippen LogP contribution in [0.1, 0.15) is 58.9 Å². The van der Waals surface area contributed by atoms with E-state index in [1.165, 1.54) is 13.5 Å². The number of hydrogen-bond acceptors (Lipinski definition) is 7. The molecule has 1 aromatic carbocycles. The first-order valence-corrected chi connectivity index (χ1v) is 14.0. The monoisotopic (exact) mass is 527 g/mol. The van der Waals surface area contributed by atoms with Crippen LogP contribution in [0.2, 0.25) is 0 Å². The van der Waals surface area contributed by atoms with Gasteiger partial charge < -0.3 is 19.7 Å². The molecule has 200 valence electrons. The zero-order chi connectivity index (χ0) is 26.0. The largest absolute Gasteiger partial charge is 0.465 e. The third kappa shape index (κ3) is 7.63. The molecule has 2 aliphatic rings. The molecule has 0 spiro atoms. The fourth-order valence-electron chi connectivity index (χ4n) is 5.05. The minimum atomic E-state index is -0.790. The number of methoxy groups -OCH3 is 1. The summed E-state index contributed by atoms with van der Waals surface area (Å²) in [5.74, 6) is -0.691. The Bertz CT molecular complexity index is 1010. The van der Waals surface area contributed by atoms with Crippen LogP contribution >= 0.6 is 11.3 Å². The van der Waals surface area contributed by atoms with Crippen LogP contribution in [0, 0.1) is 0 Å². The maximum atomic E-state index is 13.9. The molecular formula is C28H37N3O5S. The molecule has 0 unspecified atom stereocenters. The van der Waals surface area contributed by atoms with E-state index in [-0.39, 0.29) is 24.3 Å². The van der Waals surface area contributed by atoms with Crippen molar-refractivity contribution in [2.75, 3.05) is 46.5 Å². The predicted molar refractivity (Wildman–Crippen MR) is 143 cm³/mol. The summed E-state index contributed by atoms with van der Waals surface area (Å²) in [6.07, 6.45) is 5.54. The van der Waals surface area contributed by atoms with Crippen LogP contribution in [-0.4, -0.2) is 80.1 Å². The summed E-state index contributed by atoms with van der Waals surface area (Å²) < 4.78 is 10.3. The molecule has 1 aliphatic carbocycles. The van der Waals surface area contributed by atoms with Crippen molar-refractivity contribution in [2.24, 2.45) is 0 Å². The predicted octanol–water partition coefficient (Wildman–Crippen LogP) is 3.43. The molecule has 37 heavy (non-hydrogen) atoms. The number of nitrogens with zero attached hydrogens (tertiary/aromatic N) is 2. The molecule has 2 aromatic rings. The fraction of sp³-hybridized carbons (Fsp3) is 0.536. The lowest BCUT2D eigenvalue weighted by atomic mass is 9.94. The van der Waals surface area contributed by atoms with E-state index in [0.717, 1.165) is 43.6 Å². The third-order valence-corrected chi connectivity index (χ3v) is 8.02. The van der Waals surface area contributed by atoms with Crippen molar-refractivity contribution in [1.29, 1.82) is 0 Å². The maximum absolute atomic E-state index is 13.9. The molecule has 1 N–H and O–H groups in total. The molecule has 1 atom stereocenters. The number of morpholine rings is 1. The van der Waals surface area contributed by atoms with E-state index in [1.54, 1.807) is 40.5 Å². The van der Waals surface area contributed by atoms with Crippen molar-refractivity contribution in [3.8, 4) is 0 Å². The highest BCUT2D eigenvalue weighted by Gasteiger charge is 2.33. The van der Waals surface area contributed by atoms with Gasteiger partial charge in [0.2, 0.25) is 11.8 Å². The van der Waals surface area contributed by atoms with Crippen molar-refractivity contribution < 1.29 is 23.9 Å². The number of amides is 2. The lowest BCUT2D eigenvalue weighted by Crippen LogP contribution is -2.50. The van der Waals surface area contributed by atoms with Crippen LogP contribution in [0.4, 0.5) is 0 Å². The highest BCUT2D eigenvalue weighted by Crippen LogP contribution is 2.26. The molecule has 1 saturated heterocycles. The van der Waals surface area contributed by atoms with E-state index in [1.807, 2.05) is 17.5 Å². The van der Waals surface area contributed by atoms with E-state index in [2.05, 4.69) is 10.2 Å². The fourth-order valence-corrected chi connectivity index (χ4v) is 5.75. The third-order valence-electron chi connectivity index (χ3n) is 7.15. The van der Waals surface area contributed by atoms with Crippen LogP contribution in [0.5, 0.6) is 0 Å². The van der Waals surface area contributed by atoms with E-state index in [4.69, 9.17) is 9.47 Å². The maximum Gasteiger partial charge on any atom is 0.337 e. The van der Waals surface area contributed by atoms with Gasteiger partial charge in [0.15, 0.2) is 0 Å². The van der Waals surface area contributed by atoms with Crippen LogP contribution in [0.25, 0.3) is 0 Å². The van der Waals surface area contributed by atoms with Crippen molar-refractivity contribution in [2.45, 2.75) is 50.6 Å². The summed E-state index contributed by atoms with van der Waals surface area (Å²) in [5.41, 5.74) is 1.09. The van der Waals surface area contributed by atoms with E-state index in [9.17, 15) is 14.4 Å². The van der Waals surface area contributed by atoms with E-state index in [0.29, 0.717) is 37.4 Å². The topological polar surface area (TPSA) is 88.2 Å². The molecule has 2 amide bonds. The van der Waals surface area contributed by atoms with Crippen LogP contribution in [-0.2, 0) is 25.5 Å². The van der Waals surface area contributed by atoms with Crippen molar-refractivity contribution in [3.63, 3.8) is 0 Å². The summed E-state index contributed by atoms with van der Waals surface area (Å²) in [6, 6.07) is 10.1. The quantitative estimate of drug-likeness (QED) is 0.477. The average Bonchev–Trinajstić information content (AvgIpc) is 3.44. The van der Waals surface area contributed by atoms with Gasteiger partial charge in [-0.25, -0.2) is 4.79 Å². The number of ether oxygens (including phenoxy) is 2. The lowest BCUT2D eigenvalue weighted by molar-refractivity contribution is -0.141. The van der Waals surface area contributed by atoms with E-state index >= 15 is 0 Å². The summed E-state index contributed by atoms with van der Waals surface area (Å²) in [5, 5.41) is 5.20. The Morgan fingerprint density at radius 1 is 1.11 bits per heavy atom. The Morgan fingerprint density at radius 2 is 1.84 bits per heavy atom.